The van der Waals surface area contributed by atoms with E-state index in [9.17, 15) is 4.79 Å². The van der Waals surface area contributed by atoms with E-state index >= 15 is 0 Å². The molecular weight excluding hydrogens is 338 g/mol. The fraction of sp³-hybridized carbons (Fsp3) is 0.364. The van der Waals surface area contributed by atoms with Crippen LogP contribution >= 0.6 is 0 Å². The number of hydrogen-bond donors (Lipinski definition) is 1. The van der Waals surface area contributed by atoms with Crippen molar-refractivity contribution in [3.63, 3.8) is 0 Å². The molecule has 0 unspecified atom stereocenters. The van der Waals surface area contributed by atoms with Crippen molar-refractivity contribution in [2.45, 2.75) is 32.6 Å². The number of nitrogens with zero attached hydrogens (tertiary/aromatic N) is 2. The lowest BCUT2D eigenvalue weighted by Gasteiger charge is -2.32. The van der Waals surface area contributed by atoms with Crippen LogP contribution in [0.2, 0.25) is 0 Å². The summed E-state index contributed by atoms with van der Waals surface area (Å²) in [6, 6.07) is 10.2. The highest BCUT2D eigenvalue weighted by atomic mass is 16.5. The normalized spacial score (nSPS) is 15.3. The van der Waals surface area contributed by atoms with Gasteiger partial charge < -0.3 is 14.6 Å². The van der Waals surface area contributed by atoms with Gasteiger partial charge in [-0.05, 0) is 67.5 Å². The van der Waals surface area contributed by atoms with E-state index in [-0.39, 0.29) is 12.5 Å². The molecule has 1 aliphatic rings. The van der Waals surface area contributed by atoms with Crippen LogP contribution in [0.4, 0.5) is 0 Å². The predicted molar refractivity (Wildman–Crippen MR) is 106 cm³/mol. The third-order valence-corrected chi connectivity index (χ3v) is 5.47. The summed E-state index contributed by atoms with van der Waals surface area (Å²) < 4.78 is 5.78. The number of nitrogens with one attached hydrogen (secondary N) is 1. The van der Waals surface area contributed by atoms with Gasteiger partial charge >= 0.3 is 0 Å². The molecule has 0 spiro atoms. The molecule has 5 heteroatoms. The Morgan fingerprint density at radius 3 is 2.89 bits per heavy atom. The van der Waals surface area contributed by atoms with Gasteiger partial charge in [-0.1, -0.05) is 12.1 Å². The lowest BCUT2D eigenvalue weighted by Crippen LogP contribution is -2.40. The molecular formula is C22H25N3O2. The van der Waals surface area contributed by atoms with E-state index in [1.165, 1.54) is 10.9 Å². The van der Waals surface area contributed by atoms with Crippen molar-refractivity contribution in [3.05, 3.63) is 59.4 Å². The second kappa shape index (κ2) is 7.43. The van der Waals surface area contributed by atoms with E-state index in [4.69, 9.17) is 4.74 Å². The highest BCUT2D eigenvalue weighted by Gasteiger charge is 2.25. The van der Waals surface area contributed by atoms with Crippen LogP contribution < -0.4 is 4.74 Å². The molecule has 3 aromatic rings. The summed E-state index contributed by atoms with van der Waals surface area (Å²) in [7, 11) is 0. The van der Waals surface area contributed by atoms with Gasteiger partial charge in [0, 0.05) is 30.9 Å². The molecule has 0 atom stereocenters. The monoisotopic (exact) mass is 363 g/mol. The molecule has 0 radical (unpaired) electrons. The van der Waals surface area contributed by atoms with E-state index in [0.717, 1.165) is 48.5 Å². The molecule has 1 aliphatic heterocycles. The van der Waals surface area contributed by atoms with E-state index in [1.54, 1.807) is 6.20 Å². The number of fused-ring (bicyclic) bond motifs is 1. The first kappa shape index (κ1) is 17.6. The van der Waals surface area contributed by atoms with Gasteiger partial charge in [-0.25, -0.2) is 4.98 Å². The molecule has 1 fully saturated rings. The molecule has 140 valence electrons. The SMILES string of the molecule is Cc1ccc(C)c(OCC(=O)N2CCC(c3c[nH]c4ncccc34)CC2)c1. The van der Waals surface area contributed by atoms with Crippen molar-refractivity contribution in [1.29, 1.82) is 0 Å². The number of piperidine rings is 1. The van der Waals surface area contributed by atoms with E-state index in [0.29, 0.717) is 5.92 Å². The Kier molecular flexibility index (Phi) is 4.84. The number of pyridine rings is 1. The van der Waals surface area contributed by atoms with Crippen LogP contribution in [0.5, 0.6) is 5.75 Å². The summed E-state index contributed by atoms with van der Waals surface area (Å²) in [6.07, 6.45) is 5.82. The minimum absolute atomic E-state index is 0.0648. The number of rotatable bonds is 4. The Bertz CT molecular complexity index is 955. The van der Waals surface area contributed by atoms with E-state index < -0.39 is 0 Å². The molecule has 2 aromatic heterocycles. The zero-order valence-corrected chi connectivity index (χ0v) is 15.9. The highest BCUT2D eigenvalue weighted by molar-refractivity contribution is 5.80. The molecule has 5 nitrogen and oxygen atoms in total. The van der Waals surface area contributed by atoms with Crippen molar-refractivity contribution in [2.24, 2.45) is 0 Å². The summed E-state index contributed by atoms with van der Waals surface area (Å²) in [5.74, 6) is 1.33. The highest BCUT2D eigenvalue weighted by Crippen LogP contribution is 2.32. The van der Waals surface area contributed by atoms with Gasteiger partial charge in [0.15, 0.2) is 6.61 Å². The standard InChI is InChI=1S/C22H25N3O2/c1-15-5-6-16(2)20(12-15)27-14-21(26)25-10-7-17(8-11-25)19-13-24-22-18(19)4-3-9-23-22/h3-6,9,12-13,17H,7-8,10-11,14H2,1-2H3,(H,23,24). The average molecular weight is 363 g/mol. The van der Waals surface area contributed by atoms with Crippen molar-refractivity contribution in [3.8, 4) is 5.75 Å². The van der Waals surface area contributed by atoms with Crippen molar-refractivity contribution in [2.75, 3.05) is 19.7 Å². The van der Waals surface area contributed by atoms with Crippen molar-refractivity contribution >= 4 is 16.9 Å². The first-order valence-corrected chi connectivity index (χ1v) is 9.51. The van der Waals surface area contributed by atoms with Crippen LogP contribution in [-0.2, 0) is 4.79 Å². The fourth-order valence-corrected chi connectivity index (χ4v) is 3.85. The molecule has 1 aromatic carbocycles. The zero-order valence-electron chi connectivity index (χ0n) is 15.9. The molecule has 1 amide bonds. The van der Waals surface area contributed by atoms with Gasteiger partial charge in [0.05, 0.1) is 0 Å². The number of ether oxygens (including phenoxy) is 1. The van der Waals surface area contributed by atoms with Crippen LogP contribution in [0.1, 0.15) is 35.4 Å². The van der Waals surface area contributed by atoms with Crippen molar-refractivity contribution in [1.82, 2.24) is 14.9 Å². The van der Waals surface area contributed by atoms with Crippen LogP contribution in [0.15, 0.2) is 42.7 Å². The van der Waals surface area contributed by atoms with Gasteiger partial charge in [-0.2, -0.15) is 0 Å². The quantitative estimate of drug-likeness (QED) is 0.763. The van der Waals surface area contributed by atoms with E-state index in [2.05, 4.69) is 28.3 Å². The minimum atomic E-state index is 0.0648. The van der Waals surface area contributed by atoms with Gasteiger partial charge in [-0.15, -0.1) is 0 Å². The maximum Gasteiger partial charge on any atom is 0.260 e. The zero-order chi connectivity index (χ0) is 18.8. The number of carbonyl (C=O) groups is 1. The number of likely N-dealkylation sites (tertiary alicyclic amines) is 1. The van der Waals surface area contributed by atoms with Crippen LogP contribution in [0, 0.1) is 13.8 Å². The Balaban J connectivity index is 1.35. The summed E-state index contributed by atoms with van der Waals surface area (Å²) in [5.41, 5.74) is 4.45. The fourth-order valence-electron chi connectivity index (χ4n) is 3.85. The summed E-state index contributed by atoms with van der Waals surface area (Å²) in [6.45, 7) is 5.67. The molecule has 0 bridgehead atoms. The average Bonchev–Trinajstić information content (AvgIpc) is 3.13. The Morgan fingerprint density at radius 2 is 2.07 bits per heavy atom. The number of aryl methyl sites for hydroxylation is 2. The number of aromatic amines is 1. The molecule has 0 saturated carbocycles. The number of H-pyrrole nitrogens is 1. The van der Waals surface area contributed by atoms with E-state index in [1.807, 2.05) is 36.9 Å². The second-order valence-corrected chi connectivity index (χ2v) is 7.36. The van der Waals surface area contributed by atoms with Gasteiger partial charge in [0.2, 0.25) is 0 Å². The molecule has 0 aliphatic carbocycles. The molecule has 3 heterocycles. The largest absolute Gasteiger partial charge is 0.483 e. The summed E-state index contributed by atoms with van der Waals surface area (Å²) in [4.78, 5) is 22.1. The number of amides is 1. The van der Waals surface area contributed by atoms with Gasteiger partial charge in [0.1, 0.15) is 11.4 Å². The first-order valence-electron chi connectivity index (χ1n) is 9.51. The Hall–Kier alpha value is -2.82. The van der Waals surface area contributed by atoms with Crippen LogP contribution in [0.25, 0.3) is 11.0 Å². The van der Waals surface area contributed by atoms with Crippen molar-refractivity contribution < 1.29 is 9.53 Å². The van der Waals surface area contributed by atoms with Crippen LogP contribution in [-0.4, -0.2) is 40.5 Å². The molecule has 4 rings (SSSR count). The maximum atomic E-state index is 12.6. The molecule has 1 N–H and O–H groups in total. The predicted octanol–water partition coefficient (Wildman–Crippen LogP) is 3.96. The summed E-state index contributed by atoms with van der Waals surface area (Å²) >= 11 is 0. The van der Waals surface area contributed by atoms with Gasteiger partial charge in [0.25, 0.3) is 5.91 Å². The summed E-state index contributed by atoms with van der Waals surface area (Å²) in [5, 5.41) is 1.19. The van der Waals surface area contributed by atoms with Gasteiger partial charge in [-0.3, -0.25) is 4.79 Å². The molecule has 1 saturated heterocycles. The smallest absolute Gasteiger partial charge is 0.260 e. The number of hydrogen-bond acceptors (Lipinski definition) is 3. The second-order valence-electron chi connectivity index (χ2n) is 7.36. The first-order chi connectivity index (χ1) is 13.1. The number of aromatic nitrogens is 2. The van der Waals surface area contributed by atoms with Crippen LogP contribution in [0.3, 0.4) is 0 Å². The topological polar surface area (TPSA) is 58.2 Å². The number of benzene rings is 1. The molecule has 27 heavy (non-hydrogen) atoms. The number of carbonyl (C=O) groups excluding carboxylic acids is 1. The third kappa shape index (κ3) is 3.68. The minimum Gasteiger partial charge on any atom is -0.483 e. The lowest BCUT2D eigenvalue weighted by molar-refractivity contribution is -0.134. The lowest BCUT2D eigenvalue weighted by atomic mass is 9.89. The Labute approximate surface area is 159 Å². The maximum absolute atomic E-state index is 12.6. The Morgan fingerprint density at radius 1 is 1.26 bits per heavy atom. The third-order valence-electron chi connectivity index (χ3n) is 5.47.